The van der Waals surface area contributed by atoms with Gasteiger partial charge in [-0.1, -0.05) is 6.07 Å². The van der Waals surface area contributed by atoms with Crippen molar-refractivity contribution in [2.45, 2.75) is 26.4 Å². The molecule has 0 atom stereocenters. The predicted molar refractivity (Wildman–Crippen MR) is 67.4 cm³/mol. The van der Waals surface area contributed by atoms with Crippen LogP contribution >= 0.6 is 0 Å². The maximum absolute atomic E-state index is 10.8. The Morgan fingerprint density at radius 2 is 2.12 bits per heavy atom. The second-order valence-electron chi connectivity index (χ2n) is 4.58. The van der Waals surface area contributed by atoms with Crippen LogP contribution in [0.15, 0.2) is 18.2 Å². The van der Waals surface area contributed by atoms with Crippen LogP contribution in [0.5, 0.6) is 0 Å². The summed E-state index contributed by atoms with van der Waals surface area (Å²) in [7, 11) is 1.64. The molecule has 0 radical (unpaired) electrons. The number of nitrogens with one attached hydrogen (secondary N) is 1. The molecular weight excluding hydrogens is 220 g/mol. The van der Waals surface area contributed by atoms with Gasteiger partial charge in [-0.3, -0.25) is 10.1 Å². The van der Waals surface area contributed by atoms with E-state index in [9.17, 15) is 10.1 Å². The molecule has 0 aliphatic rings. The van der Waals surface area contributed by atoms with Gasteiger partial charge < -0.3 is 10.1 Å². The van der Waals surface area contributed by atoms with Crippen LogP contribution in [0.25, 0.3) is 0 Å². The first-order chi connectivity index (χ1) is 7.85. The highest BCUT2D eigenvalue weighted by Gasteiger charge is 2.17. The van der Waals surface area contributed by atoms with Crippen LogP contribution in [0, 0.1) is 17.0 Å². The van der Waals surface area contributed by atoms with Crippen LogP contribution in [0.2, 0.25) is 0 Å². The van der Waals surface area contributed by atoms with Gasteiger partial charge in [-0.15, -0.1) is 0 Å². The van der Waals surface area contributed by atoms with Crippen LogP contribution in [0.1, 0.15) is 19.4 Å². The summed E-state index contributed by atoms with van der Waals surface area (Å²) >= 11 is 0. The fourth-order valence-electron chi connectivity index (χ4n) is 1.30. The van der Waals surface area contributed by atoms with Gasteiger partial charge in [0.2, 0.25) is 0 Å². The molecule has 17 heavy (non-hydrogen) atoms. The molecule has 1 rings (SSSR count). The lowest BCUT2D eigenvalue weighted by Gasteiger charge is -2.23. The molecule has 94 valence electrons. The predicted octanol–water partition coefficient (Wildman–Crippen LogP) is 2.74. The normalized spacial score (nSPS) is 11.3. The molecule has 5 heteroatoms. The molecule has 0 heterocycles. The van der Waals surface area contributed by atoms with Gasteiger partial charge in [0, 0.05) is 31.0 Å². The maximum Gasteiger partial charge on any atom is 0.274 e. The van der Waals surface area contributed by atoms with Crippen LogP contribution in [-0.2, 0) is 4.74 Å². The number of nitro groups is 1. The van der Waals surface area contributed by atoms with Crippen molar-refractivity contribution in [3.63, 3.8) is 0 Å². The van der Waals surface area contributed by atoms with Crippen molar-refractivity contribution in [1.82, 2.24) is 0 Å². The number of benzene rings is 1. The number of hydrogen-bond acceptors (Lipinski definition) is 4. The zero-order chi connectivity index (χ0) is 13.1. The summed E-state index contributed by atoms with van der Waals surface area (Å²) in [5.41, 5.74) is 1.21. The lowest BCUT2D eigenvalue weighted by Crippen LogP contribution is -2.32. The number of anilines is 1. The highest BCUT2D eigenvalue weighted by Crippen LogP contribution is 2.22. The molecule has 1 aromatic carbocycles. The standard InChI is InChI=1S/C12H18N2O3/c1-9-5-6-10(7-11(9)14(15)16)13-8-12(2,3)17-4/h5-7,13H,8H2,1-4H3. The average Bonchev–Trinajstić information content (AvgIpc) is 2.27. The summed E-state index contributed by atoms with van der Waals surface area (Å²) in [4.78, 5) is 10.4. The number of rotatable bonds is 5. The molecule has 0 saturated heterocycles. The Labute approximate surface area is 101 Å². The molecule has 0 unspecified atom stereocenters. The molecule has 0 saturated carbocycles. The smallest absolute Gasteiger partial charge is 0.274 e. The van der Waals surface area contributed by atoms with Crippen molar-refractivity contribution < 1.29 is 9.66 Å². The Bertz CT molecular complexity index is 416. The van der Waals surface area contributed by atoms with Gasteiger partial charge in [0.25, 0.3) is 5.69 Å². The summed E-state index contributed by atoms with van der Waals surface area (Å²) in [5.74, 6) is 0. The molecular formula is C12H18N2O3. The zero-order valence-corrected chi connectivity index (χ0v) is 10.6. The largest absolute Gasteiger partial charge is 0.382 e. The fourth-order valence-corrected chi connectivity index (χ4v) is 1.30. The van der Waals surface area contributed by atoms with E-state index in [0.717, 1.165) is 5.69 Å². The van der Waals surface area contributed by atoms with Crippen molar-refractivity contribution in [1.29, 1.82) is 0 Å². The lowest BCUT2D eigenvalue weighted by molar-refractivity contribution is -0.385. The third-order valence-corrected chi connectivity index (χ3v) is 2.68. The number of aryl methyl sites for hydroxylation is 1. The number of nitrogens with zero attached hydrogens (tertiary/aromatic N) is 1. The van der Waals surface area contributed by atoms with Gasteiger partial charge in [-0.05, 0) is 26.8 Å². The van der Waals surface area contributed by atoms with Crippen LogP contribution in [0.3, 0.4) is 0 Å². The van der Waals surface area contributed by atoms with Gasteiger partial charge in [-0.25, -0.2) is 0 Å². The van der Waals surface area contributed by atoms with Crippen molar-refractivity contribution in [3.8, 4) is 0 Å². The van der Waals surface area contributed by atoms with E-state index in [1.54, 1.807) is 26.2 Å². The second-order valence-corrected chi connectivity index (χ2v) is 4.58. The van der Waals surface area contributed by atoms with Crippen LogP contribution in [0.4, 0.5) is 11.4 Å². The van der Waals surface area contributed by atoms with E-state index in [-0.39, 0.29) is 16.2 Å². The molecule has 1 N–H and O–H groups in total. The summed E-state index contributed by atoms with van der Waals surface area (Å²) in [5, 5.41) is 13.9. The van der Waals surface area contributed by atoms with Gasteiger partial charge >= 0.3 is 0 Å². The monoisotopic (exact) mass is 238 g/mol. The molecule has 0 fully saturated rings. The lowest BCUT2D eigenvalue weighted by atomic mass is 10.1. The molecule has 1 aromatic rings. The van der Waals surface area contributed by atoms with Crippen molar-refractivity contribution in [2.75, 3.05) is 19.0 Å². The Hall–Kier alpha value is -1.62. The van der Waals surface area contributed by atoms with Crippen molar-refractivity contribution in [3.05, 3.63) is 33.9 Å². The van der Waals surface area contributed by atoms with E-state index in [0.29, 0.717) is 12.1 Å². The quantitative estimate of drug-likeness (QED) is 0.632. The highest BCUT2D eigenvalue weighted by atomic mass is 16.6. The van der Waals surface area contributed by atoms with Crippen LogP contribution in [-0.4, -0.2) is 24.2 Å². The first-order valence-electron chi connectivity index (χ1n) is 5.40. The fraction of sp³-hybridized carbons (Fsp3) is 0.500. The molecule has 0 spiro atoms. The Morgan fingerprint density at radius 3 is 2.65 bits per heavy atom. The van der Waals surface area contributed by atoms with Gasteiger partial charge in [0.1, 0.15) is 0 Å². The minimum Gasteiger partial charge on any atom is -0.382 e. The van der Waals surface area contributed by atoms with E-state index < -0.39 is 0 Å². The Balaban J connectivity index is 2.80. The number of hydrogen-bond donors (Lipinski definition) is 1. The number of nitro benzene ring substituents is 1. The van der Waals surface area contributed by atoms with Crippen molar-refractivity contribution >= 4 is 11.4 Å². The van der Waals surface area contributed by atoms with E-state index in [4.69, 9.17) is 4.74 Å². The van der Waals surface area contributed by atoms with Gasteiger partial charge in [0.05, 0.1) is 10.5 Å². The van der Waals surface area contributed by atoms with Gasteiger partial charge in [-0.2, -0.15) is 0 Å². The summed E-state index contributed by atoms with van der Waals surface area (Å²) < 4.78 is 5.26. The number of ether oxygens (including phenoxy) is 1. The Kier molecular flexibility index (Phi) is 4.07. The molecule has 5 nitrogen and oxygen atoms in total. The van der Waals surface area contributed by atoms with E-state index in [1.807, 2.05) is 19.9 Å². The topological polar surface area (TPSA) is 64.4 Å². The van der Waals surface area contributed by atoms with Crippen LogP contribution < -0.4 is 5.32 Å². The number of methoxy groups -OCH3 is 1. The molecule has 0 aromatic heterocycles. The van der Waals surface area contributed by atoms with Crippen molar-refractivity contribution in [2.24, 2.45) is 0 Å². The summed E-state index contributed by atoms with van der Waals surface area (Å²) in [6, 6.07) is 5.11. The second kappa shape index (κ2) is 5.14. The highest BCUT2D eigenvalue weighted by molar-refractivity contribution is 5.54. The first-order valence-corrected chi connectivity index (χ1v) is 5.40. The summed E-state index contributed by atoms with van der Waals surface area (Å²) in [6.07, 6.45) is 0. The molecule has 0 bridgehead atoms. The minimum absolute atomic E-state index is 0.130. The SMILES string of the molecule is COC(C)(C)CNc1ccc(C)c([N+](=O)[O-])c1. The summed E-state index contributed by atoms with van der Waals surface area (Å²) in [6.45, 7) is 6.20. The van der Waals surface area contributed by atoms with Gasteiger partial charge in [0.15, 0.2) is 0 Å². The third kappa shape index (κ3) is 3.71. The maximum atomic E-state index is 10.8. The average molecular weight is 238 g/mol. The van der Waals surface area contributed by atoms with E-state index >= 15 is 0 Å². The van der Waals surface area contributed by atoms with E-state index in [2.05, 4.69) is 5.32 Å². The Morgan fingerprint density at radius 1 is 1.47 bits per heavy atom. The minimum atomic E-state index is -0.373. The third-order valence-electron chi connectivity index (χ3n) is 2.68. The molecule has 0 aliphatic carbocycles. The van der Waals surface area contributed by atoms with E-state index in [1.165, 1.54) is 0 Å². The first kappa shape index (κ1) is 13.4. The molecule has 0 aliphatic heterocycles. The molecule has 0 amide bonds. The zero-order valence-electron chi connectivity index (χ0n) is 10.6.